The average molecular weight is 274 g/mol. The number of nitrogens with one attached hydrogen (secondary N) is 1. The van der Waals surface area contributed by atoms with Crippen molar-refractivity contribution in [2.24, 2.45) is 0 Å². The van der Waals surface area contributed by atoms with Crippen LogP contribution in [0.5, 0.6) is 0 Å². The minimum absolute atomic E-state index is 0.0531. The molecule has 110 valence electrons. The molecule has 0 aliphatic carbocycles. The van der Waals surface area contributed by atoms with Crippen LogP contribution >= 0.6 is 0 Å². The predicted octanol–water partition coefficient (Wildman–Crippen LogP) is 2.91. The predicted molar refractivity (Wildman–Crippen MR) is 83.2 cm³/mol. The second-order valence-electron chi connectivity index (χ2n) is 5.83. The average Bonchev–Trinajstić information content (AvgIpc) is 2.67. The van der Waals surface area contributed by atoms with Gasteiger partial charge < -0.3 is 10.2 Å². The Kier molecular flexibility index (Phi) is 5.60. The largest absolute Gasteiger partial charge is 0.351 e. The Balaban J connectivity index is 1.79. The fourth-order valence-corrected chi connectivity index (χ4v) is 2.85. The number of carbonyl (C=O) groups excluding carboxylic acids is 1. The summed E-state index contributed by atoms with van der Waals surface area (Å²) in [7, 11) is 0. The number of hydrogen-bond donors (Lipinski definition) is 1. The lowest BCUT2D eigenvalue weighted by molar-refractivity contribution is 0.0948. The number of benzene rings is 1. The Labute approximate surface area is 122 Å². The van der Waals surface area contributed by atoms with Gasteiger partial charge in [-0.25, -0.2) is 0 Å². The van der Waals surface area contributed by atoms with Gasteiger partial charge in [0.25, 0.3) is 5.91 Å². The number of aryl methyl sites for hydroxylation is 2. The second kappa shape index (κ2) is 7.44. The van der Waals surface area contributed by atoms with E-state index in [1.54, 1.807) is 0 Å². The zero-order chi connectivity index (χ0) is 14.4. The summed E-state index contributed by atoms with van der Waals surface area (Å²) in [5.41, 5.74) is 3.05. The second-order valence-corrected chi connectivity index (χ2v) is 5.83. The molecule has 0 bridgehead atoms. The molecule has 0 radical (unpaired) electrons. The fraction of sp³-hybridized carbons (Fsp3) is 0.588. The van der Waals surface area contributed by atoms with Crippen molar-refractivity contribution in [3.63, 3.8) is 0 Å². The maximum atomic E-state index is 12.2. The van der Waals surface area contributed by atoms with E-state index in [0.717, 1.165) is 24.2 Å². The molecule has 1 N–H and O–H groups in total. The Hall–Kier alpha value is -1.35. The summed E-state index contributed by atoms with van der Waals surface area (Å²) in [4.78, 5) is 14.6. The molecule has 3 heteroatoms. The Morgan fingerprint density at radius 1 is 1.15 bits per heavy atom. The van der Waals surface area contributed by atoms with Crippen molar-refractivity contribution in [3.8, 4) is 0 Å². The van der Waals surface area contributed by atoms with Crippen LogP contribution in [0, 0.1) is 13.8 Å². The number of rotatable bonds is 4. The summed E-state index contributed by atoms with van der Waals surface area (Å²) < 4.78 is 0. The van der Waals surface area contributed by atoms with Crippen LogP contribution in [-0.4, -0.2) is 37.0 Å². The van der Waals surface area contributed by atoms with E-state index in [2.05, 4.69) is 16.3 Å². The molecule has 20 heavy (non-hydrogen) atoms. The van der Waals surface area contributed by atoms with Gasteiger partial charge in [0.2, 0.25) is 0 Å². The highest BCUT2D eigenvalue weighted by Crippen LogP contribution is 2.11. The van der Waals surface area contributed by atoms with Crippen LogP contribution in [-0.2, 0) is 0 Å². The lowest BCUT2D eigenvalue weighted by Gasteiger charge is -2.19. The van der Waals surface area contributed by atoms with Crippen molar-refractivity contribution in [1.82, 2.24) is 10.2 Å². The summed E-state index contributed by atoms with van der Waals surface area (Å²) in [6.45, 7) is 8.12. The smallest absolute Gasteiger partial charge is 0.251 e. The number of nitrogens with zero attached hydrogens (tertiary/aromatic N) is 1. The van der Waals surface area contributed by atoms with Gasteiger partial charge in [-0.1, -0.05) is 30.5 Å². The number of amides is 1. The molecular formula is C17H26N2O. The van der Waals surface area contributed by atoms with Crippen molar-refractivity contribution in [2.45, 2.75) is 39.5 Å². The molecule has 0 spiro atoms. The van der Waals surface area contributed by atoms with E-state index in [1.807, 2.05) is 26.0 Å². The molecule has 0 unspecified atom stereocenters. The minimum Gasteiger partial charge on any atom is -0.351 e. The third-order valence-corrected chi connectivity index (χ3v) is 4.04. The first-order valence-corrected chi connectivity index (χ1v) is 7.74. The van der Waals surface area contributed by atoms with Crippen LogP contribution in [0.4, 0.5) is 0 Å². The van der Waals surface area contributed by atoms with Crippen LogP contribution in [0.15, 0.2) is 18.2 Å². The van der Waals surface area contributed by atoms with Gasteiger partial charge in [0.05, 0.1) is 0 Å². The molecule has 2 rings (SSSR count). The van der Waals surface area contributed by atoms with Gasteiger partial charge in [-0.3, -0.25) is 4.79 Å². The van der Waals surface area contributed by atoms with Crippen molar-refractivity contribution >= 4 is 5.91 Å². The quantitative estimate of drug-likeness (QED) is 0.915. The van der Waals surface area contributed by atoms with E-state index < -0.39 is 0 Å². The Morgan fingerprint density at radius 2 is 1.85 bits per heavy atom. The molecule has 0 saturated carbocycles. The zero-order valence-electron chi connectivity index (χ0n) is 12.7. The molecule has 1 aromatic rings. The third kappa shape index (κ3) is 4.34. The lowest BCUT2D eigenvalue weighted by Crippen LogP contribution is -2.35. The SMILES string of the molecule is Cc1ccc(C(=O)NCCN2CCCCCC2)c(C)c1. The lowest BCUT2D eigenvalue weighted by atomic mass is 10.1. The number of hydrogen-bond acceptors (Lipinski definition) is 2. The van der Waals surface area contributed by atoms with E-state index in [0.29, 0.717) is 0 Å². The molecule has 0 aromatic heterocycles. The van der Waals surface area contributed by atoms with Crippen LogP contribution in [0.2, 0.25) is 0 Å². The van der Waals surface area contributed by atoms with Gasteiger partial charge in [0.15, 0.2) is 0 Å². The molecule has 1 fully saturated rings. The monoisotopic (exact) mass is 274 g/mol. The maximum Gasteiger partial charge on any atom is 0.251 e. The first-order chi connectivity index (χ1) is 9.66. The summed E-state index contributed by atoms with van der Waals surface area (Å²) in [5.74, 6) is 0.0531. The number of carbonyl (C=O) groups is 1. The molecule has 1 heterocycles. The van der Waals surface area contributed by atoms with Gasteiger partial charge in [0.1, 0.15) is 0 Å². The molecular weight excluding hydrogens is 248 g/mol. The normalized spacial score (nSPS) is 16.7. The van der Waals surface area contributed by atoms with E-state index in [4.69, 9.17) is 0 Å². The van der Waals surface area contributed by atoms with E-state index in [1.165, 1.54) is 44.3 Å². The minimum atomic E-state index is 0.0531. The van der Waals surface area contributed by atoms with Crippen LogP contribution in [0.25, 0.3) is 0 Å². The summed E-state index contributed by atoms with van der Waals surface area (Å²) in [5, 5.41) is 3.05. The van der Waals surface area contributed by atoms with E-state index >= 15 is 0 Å². The van der Waals surface area contributed by atoms with Crippen LogP contribution < -0.4 is 5.32 Å². The molecule has 1 aliphatic heterocycles. The van der Waals surface area contributed by atoms with Gasteiger partial charge in [0, 0.05) is 18.7 Å². The summed E-state index contributed by atoms with van der Waals surface area (Å²) in [6.07, 6.45) is 5.30. The van der Waals surface area contributed by atoms with Crippen molar-refractivity contribution in [1.29, 1.82) is 0 Å². The van der Waals surface area contributed by atoms with Crippen LogP contribution in [0.3, 0.4) is 0 Å². The van der Waals surface area contributed by atoms with E-state index in [-0.39, 0.29) is 5.91 Å². The zero-order valence-corrected chi connectivity index (χ0v) is 12.7. The highest BCUT2D eigenvalue weighted by molar-refractivity contribution is 5.95. The highest BCUT2D eigenvalue weighted by atomic mass is 16.1. The first-order valence-electron chi connectivity index (χ1n) is 7.74. The maximum absolute atomic E-state index is 12.2. The first kappa shape index (κ1) is 15.0. The van der Waals surface area contributed by atoms with Gasteiger partial charge >= 0.3 is 0 Å². The summed E-state index contributed by atoms with van der Waals surface area (Å²) in [6, 6.07) is 5.98. The van der Waals surface area contributed by atoms with E-state index in [9.17, 15) is 4.79 Å². The van der Waals surface area contributed by atoms with Crippen molar-refractivity contribution < 1.29 is 4.79 Å². The van der Waals surface area contributed by atoms with Gasteiger partial charge in [-0.05, 0) is 51.4 Å². The third-order valence-electron chi connectivity index (χ3n) is 4.04. The van der Waals surface area contributed by atoms with Crippen molar-refractivity contribution in [2.75, 3.05) is 26.2 Å². The van der Waals surface area contributed by atoms with Gasteiger partial charge in [-0.2, -0.15) is 0 Å². The topological polar surface area (TPSA) is 32.3 Å². The molecule has 1 saturated heterocycles. The fourth-order valence-electron chi connectivity index (χ4n) is 2.85. The molecule has 1 amide bonds. The highest BCUT2D eigenvalue weighted by Gasteiger charge is 2.11. The van der Waals surface area contributed by atoms with Crippen LogP contribution in [0.1, 0.15) is 47.2 Å². The summed E-state index contributed by atoms with van der Waals surface area (Å²) >= 11 is 0. The standard InChI is InChI=1S/C17H26N2O/c1-14-7-8-16(15(2)13-14)17(20)18-9-12-19-10-5-3-4-6-11-19/h7-8,13H,3-6,9-12H2,1-2H3,(H,18,20). The molecule has 3 nitrogen and oxygen atoms in total. The number of likely N-dealkylation sites (tertiary alicyclic amines) is 1. The molecule has 0 atom stereocenters. The van der Waals surface area contributed by atoms with Gasteiger partial charge in [-0.15, -0.1) is 0 Å². The molecule has 1 aliphatic rings. The Bertz CT molecular complexity index is 448. The molecule has 1 aromatic carbocycles. The Morgan fingerprint density at radius 3 is 2.50 bits per heavy atom. The van der Waals surface area contributed by atoms with Crippen molar-refractivity contribution in [3.05, 3.63) is 34.9 Å².